The van der Waals surface area contributed by atoms with E-state index >= 15 is 0 Å². The predicted molar refractivity (Wildman–Crippen MR) is 111 cm³/mol. The van der Waals surface area contributed by atoms with Crippen LogP contribution in [-0.4, -0.2) is 29.7 Å². The Morgan fingerprint density at radius 2 is 1.84 bits per heavy atom. The van der Waals surface area contributed by atoms with Crippen molar-refractivity contribution in [2.75, 3.05) is 0 Å². The van der Waals surface area contributed by atoms with E-state index in [4.69, 9.17) is 9.84 Å². The van der Waals surface area contributed by atoms with E-state index < -0.39 is 24.2 Å². The number of carboxylic acids is 1. The van der Waals surface area contributed by atoms with E-state index in [-0.39, 0.29) is 29.7 Å². The number of aromatic carboxylic acids is 1. The van der Waals surface area contributed by atoms with E-state index in [2.05, 4.69) is 10.1 Å². The molecule has 0 bridgehead atoms. The zero-order chi connectivity index (χ0) is 22.7. The van der Waals surface area contributed by atoms with Crippen molar-refractivity contribution < 1.29 is 33.0 Å². The van der Waals surface area contributed by atoms with E-state index in [1.165, 1.54) is 24.3 Å². The van der Waals surface area contributed by atoms with Crippen LogP contribution < -0.4 is 10.1 Å². The van der Waals surface area contributed by atoms with Crippen molar-refractivity contribution in [2.24, 2.45) is 5.92 Å². The molecule has 0 radical (unpaired) electrons. The average molecular weight is 445 g/mol. The van der Waals surface area contributed by atoms with Gasteiger partial charge < -0.3 is 19.9 Å². The van der Waals surface area contributed by atoms with Gasteiger partial charge in [-0.05, 0) is 67.0 Å². The third kappa shape index (κ3) is 5.07. The molecule has 0 unspecified atom stereocenters. The molecular formula is C24H25F2NO5. The van der Waals surface area contributed by atoms with E-state index in [0.717, 1.165) is 37.7 Å². The number of amides is 1. The summed E-state index contributed by atoms with van der Waals surface area (Å²) in [6.07, 6.45) is 3.74. The lowest BCUT2D eigenvalue weighted by Gasteiger charge is -2.34. The Bertz CT molecular complexity index is 971. The molecular weight excluding hydrogens is 420 g/mol. The molecule has 0 saturated heterocycles. The zero-order valence-electron chi connectivity index (χ0n) is 17.4. The van der Waals surface area contributed by atoms with Crippen LogP contribution in [-0.2, 0) is 21.7 Å². The van der Waals surface area contributed by atoms with Crippen LogP contribution in [0.25, 0.3) is 0 Å². The first-order valence-corrected chi connectivity index (χ1v) is 10.7. The van der Waals surface area contributed by atoms with Crippen LogP contribution in [0.4, 0.5) is 8.78 Å². The number of benzene rings is 2. The summed E-state index contributed by atoms with van der Waals surface area (Å²) in [4.78, 5) is 24.3. The quantitative estimate of drug-likeness (QED) is 0.563. The van der Waals surface area contributed by atoms with Crippen molar-refractivity contribution in [1.29, 1.82) is 0 Å². The van der Waals surface area contributed by atoms with E-state index in [1.54, 1.807) is 24.3 Å². The minimum Gasteiger partial charge on any atom is -0.478 e. The van der Waals surface area contributed by atoms with Crippen LogP contribution in [0.1, 0.15) is 53.6 Å². The third-order valence-electron chi connectivity index (χ3n) is 6.19. The van der Waals surface area contributed by atoms with Gasteiger partial charge in [0.2, 0.25) is 5.91 Å². The SMILES string of the molecule is O=C(O)c1ccc(C2(NC(=O)[C@H](OCc3cccc(OC(F)F)c3)C3CCC3)CC2)cc1. The molecule has 0 aromatic heterocycles. The monoisotopic (exact) mass is 445 g/mol. The summed E-state index contributed by atoms with van der Waals surface area (Å²) < 4.78 is 35.3. The summed E-state index contributed by atoms with van der Waals surface area (Å²) in [5.41, 5.74) is 1.22. The molecule has 1 amide bonds. The number of halogens is 2. The number of hydrogen-bond donors (Lipinski definition) is 2. The molecule has 0 heterocycles. The van der Waals surface area contributed by atoms with Gasteiger partial charge >= 0.3 is 12.6 Å². The Labute approximate surface area is 184 Å². The number of nitrogens with one attached hydrogen (secondary N) is 1. The summed E-state index contributed by atoms with van der Waals surface area (Å²) in [5, 5.41) is 12.2. The van der Waals surface area contributed by atoms with Crippen LogP contribution in [0.15, 0.2) is 48.5 Å². The van der Waals surface area contributed by atoms with Crippen LogP contribution >= 0.6 is 0 Å². The Morgan fingerprint density at radius 3 is 2.41 bits per heavy atom. The molecule has 2 aromatic carbocycles. The van der Waals surface area contributed by atoms with Gasteiger partial charge in [-0.3, -0.25) is 4.79 Å². The van der Waals surface area contributed by atoms with Gasteiger partial charge in [0, 0.05) is 0 Å². The topological polar surface area (TPSA) is 84.9 Å². The van der Waals surface area contributed by atoms with Gasteiger partial charge in [-0.2, -0.15) is 8.78 Å². The van der Waals surface area contributed by atoms with Crippen molar-refractivity contribution >= 4 is 11.9 Å². The van der Waals surface area contributed by atoms with Gasteiger partial charge in [0.1, 0.15) is 11.9 Å². The zero-order valence-corrected chi connectivity index (χ0v) is 17.4. The number of ether oxygens (including phenoxy) is 2. The maximum Gasteiger partial charge on any atom is 0.387 e. The third-order valence-corrected chi connectivity index (χ3v) is 6.19. The van der Waals surface area contributed by atoms with E-state index in [1.807, 2.05) is 0 Å². The lowest BCUT2D eigenvalue weighted by Crippen LogP contribution is -2.47. The minimum atomic E-state index is -2.90. The highest BCUT2D eigenvalue weighted by Crippen LogP contribution is 2.46. The molecule has 4 rings (SSSR count). The second-order valence-corrected chi connectivity index (χ2v) is 8.40. The first kappa shape index (κ1) is 22.2. The number of carbonyl (C=O) groups is 2. The van der Waals surface area contributed by atoms with E-state index in [0.29, 0.717) is 5.56 Å². The lowest BCUT2D eigenvalue weighted by molar-refractivity contribution is -0.141. The normalized spacial score (nSPS) is 18.0. The second-order valence-electron chi connectivity index (χ2n) is 8.40. The molecule has 8 heteroatoms. The van der Waals surface area contributed by atoms with Crippen LogP contribution in [0.3, 0.4) is 0 Å². The second kappa shape index (κ2) is 9.24. The highest BCUT2D eigenvalue weighted by molar-refractivity contribution is 5.87. The number of alkyl halides is 2. The summed E-state index contributed by atoms with van der Waals surface area (Å²) in [6, 6.07) is 12.8. The van der Waals surface area contributed by atoms with Crippen molar-refractivity contribution in [2.45, 2.75) is 57.0 Å². The number of rotatable bonds is 10. The molecule has 170 valence electrons. The number of hydrogen-bond acceptors (Lipinski definition) is 4. The van der Waals surface area contributed by atoms with Crippen molar-refractivity contribution in [1.82, 2.24) is 5.32 Å². The van der Waals surface area contributed by atoms with Crippen molar-refractivity contribution in [3.05, 3.63) is 65.2 Å². The van der Waals surface area contributed by atoms with Gasteiger partial charge in [-0.1, -0.05) is 30.7 Å². The van der Waals surface area contributed by atoms with Gasteiger partial charge in [-0.25, -0.2) is 4.79 Å². The van der Waals surface area contributed by atoms with Gasteiger partial charge in [0.05, 0.1) is 17.7 Å². The largest absolute Gasteiger partial charge is 0.478 e. The minimum absolute atomic E-state index is 0.0486. The maximum absolute atomic E-state index is 13.2. The molecule has 2 aromatic rings. The Hall–Kier alpha value is -3.00. The summed E-state index contributed by atoms with van der Waals surface area (Å²) in [6.45, 7) is -2.80. The predicted octanol–water partition coefficient (Wildman–Crippen LogP) is 4.48. The Kier molecular flexibility index (Phi) is 6.41. The fourth-order valence-electron chi connectivity index (χ4n) is 4.02. The first-order chi connectivity index (χ1) is 15.4. The number of carboxylic acid groups (broad SMARTS) is 1. The van der Waals surface area contributed by atoms with Gasteiger partial charge in [-0.15, -0.1) is 0 Å². The van der Waals surface area contributed by atoms with Crippen molar-refractivity contribution in [3.63, 3.8) is 0 Å². The fraction of sp³-hybridized carbons (Fsp3) is 0.417. The smallest absolute Gasteiger partial charge is 0.387 e. The highest BCUT2D eigenvalue weighted by Gasteiger charge is 2.47. The first-order valence-electron chi connectivity index (χ1n) is 10.7. The average Bonchev–Trinajstić information content (AvgIpc) is 3.50. The highest BCUT2D eigenvalue weighted by atomic mass is 19.3. The Morgan fingerprint density at radius 1 is 1.12 bits per heavy atom. The van der Waals surface area contributed by atoms with E-state index in [9.17, 15) is 18.4 Å². The van der Waals surface area contributed by atoms with Gasteiger partial charge in [0.25, 0.3) is 0 Å². The maximum atomic E-state index is 13.2. The lowest BCUT2D eigenvalue weighted by atomic mass is 9.80. The van der Waals surface area contributed by atoms with Crippen LogP contribution in [0, 0.1) is 5.92 Å². The molecule has 2 aliphatic rings. The molecule has 32 heavy (non-hydrogen) atoms. The summed E-state index contributed by atoms with van der Waals surface area (Å²) >= 11 is 0. The van der Waals surface area contributed by atoms with Crippen LogP contribution in [0.5, 0.6) is 5.75 Å². The summed E-state index contributed by atoms with van der Waals surface area (Å²) in [5.74, 6) is -1.03. The Balaban J connectivity index is 1.42. The molecule has 2 saturated carbocycles. The fourth-order valence-corrected chi connectivity index (χ4v) is 4.02. The summed E-state index contributed by atoms with van der Waals surface area (Å²) in [7, 11) is 0. The molecule has 0 aliphatic heterocycles. The molecule has 1 atom stereocenters. The standard InChI is InChI=1S/C24H25F2NO5/c25-23(26)32-19-6-1-3-15(13-19)14-31-20(16-4-2-5-16)21(28)27-24(11-12-24)18-9-7-17(8-10-18)22(29)30/h1,3,6-10,13,16,20,23H,2,4-5,11-12,14H2,(H,27,28)(H,29,30)/t20-/m1/s1. The van der Waals surface area contributed by atoms with Crippen LogP contribution in [0.2, 0.25) is 0 Å². The van der Waals surface area contributed by atoms with Gasteiger partial charge in [0.15, 0.2) is 0 Å². The molecule has 6 nitrogen and oxygen atoms in total. The molecule has 2 fully saturated rings. The molecule has 2 N–H and O–H groups in total. The van der Waals surface area contributed by atoms with Crippen molar-refractivity contribution in [3.8, 4) is 5.75 Å². The molecule has 0 spiro atoms. The number of carbonyl (C=O) groups excluding carboxylic acids is 1. The molecule has 2 aliphatic carbocycles.